The highest BCUT2D eigenvalue weighted by Crippen LogP contribution is 2.25. The summed E-state index contributed by atoms with van der Waals surface area (Å²) in [6.07, 6.45) is 0. The van der Waals surface area contributed by atoms with E-state index >= 15 is 0 Å². The fraction of sp³-hybridized carbons (Fsp3) is 0.0909. The van der Waals surface area contributed by atoms with Gasteiger partial charge in [-0.25, -0.2) is 9.59 Å². The lowest BCUT2D eigenvalue weighted by Crippen LogP contribution is -2.10. The van der Waals surface area contributed by atoms with Gasteiger partial charge in [0.25, 0.3) is 0 Å². The number of esters is 2. The molecule has 0 atom stereocenters. The van der Waals surface area contributed by atoms with Crippen molar-refractivity contribution in [2.45, 2.75) is 6.92 Å². The number of benzene rings is 3. The molecule has 0 saturated carbocycles. The zero-order chi connectivity index (χ0) is 19.2. The fourth-order valence-electron chi connectivity index (χ4n) is 2.43. The van der Waals surface area contributed by atoms with Gasteiger partial charge < -0.3 is 14.2 Å². The molecule has 0 aliphatic rings. The van der Waals surface area contributed by atoms with Gasteiger partial charge >= 0.3 is 11.9 Å². The van der Waals surface area contributed by atoms with Crippen LogP contribution in [0.3, 0.4) is 0 Å². The van der Waals surface area contributed by atoms with Crippen molar-refractivity contribution in [3.8, 4) is 17.2 Å². The Morgan fingerprint density at radius 2 is 1.30 bits per heavy atom. The summed E-state index contributed by atoms with van der Waals surface area (Å²) in [5, 5.41) is 0. The summed E-state index contributed by atoms with van der Waals surface area (Å²) in [5.41, 5.74) is 1.55. The third-order valence-corrected chi connectivity index (χ3v) is 3.89. The van der Waals surface area contributed by atoms with E-state index in [2.05, 4.69) is 0 Å². The van der Waals surface area contributed by atoms with Gasteiger partial charge in [0.2, 0.25) is 0 Å². The van der Waals surface area contributed by atoms with Crippen LogP contribution in [0.4, 0.5) is 0 Å². The van der Waals surface area contributed by atoms with Crippen LogP contribution in [0.5, 0.6) is 17.2 Å². The summed E-state index contributed by atoms with van der Waals surface area (Å²) < 4.78 is 15.9. The van der Waals surface area contributed by atoms with Crippen molar-refractivity contribution in [1.82, 2.24) is 0 Å². The Morgan fingerprint density at radius 1 is 0.704 bits per heavy atom. The number of aryl methyl sites for hydroxylation is 1. The van der Waals surface area contributed by atoms with E-state index in [1.54, 1.807) is 80.8 Å². The number of methoxy groups -OCH3 is 1. The number of hydrogen-bond acceptors (Lipinski definition) is 5. The molecule has 5 heteroatoms. The van der Waals surface area contributed by atoms with Crippen molar-refractivity contribution < 1.29 is 23.8 Å². The highest BCUT2D eigenvalue weighted by Gasteiger charge is 2.13. The maximum atomic E-state index is 12.3. The average molecular weight is 362 g/mol. The Balaban J connectivity index is 1.69. The predicted molar refractivity (Wildman–Crippen MR) is 101 cm³/mol. The van der Waals surface area contributed by atoms with Crippen LogP contribution < -0.4 is 14.2 Å². The van der Waals surface area contributed by atoms with Crippen LogP contribution in [0.1, 0.15) is 26.3 Å². The van der Waals surface area contributed by atoms with E-state index in [1.807, 2.05) is 6.07 Å². The molecule has 0 aliphatic heterocycles. The summed E-state index contributed by atoms with van der Waals surface area (Å²) >= 11 is 0. The van der Waals surface area contributed by atoms with Crippen molar-refractivity contribution in [2.24, 2.45) is 0 Å². The molecule has 0 aliphatic carbocycles. The fourth-order valence-corrected chi connectivity index (χ4v) is 2.43. The van der Waals surface area contributed by atoms with E-state index in [9.17, 15) is 9.59 Å². The number of carbonyl (C=O) groups excluding carboxylic acids is 2. The summed E-state index contributed by atoms with van der Waals surface area (Å²) in [6, 6.07) is 20.2. The largest absolute Gasteiger partial charge is 0.497 e. The number of hydrogen-bond donors (Lipinski definition) is 0. The smallest absolute Gasteiger partial charge is 0.343 e. The Hall–Kier alpha value is -3.60. The topological polar surface area (TPSA) is 61.8 Å². The third kappa shape index (κ3) is 4.52. The lowest BCUT2D eigenvalue weighted by atomic mass is 10.2. The zero-order valence-electron chi connectivity index (χ0n) is 15.0. The lowest BCUT2D eigenvalue weighted by Gasteiger charge is -2.10. The van der Waals surface area contributed by atoms with E-state index in [0.29, 0.717) is 33.9 Å². The SMILES string of the molecule is COc1ccc(C(=O)Oc2ccc(OC(=O)c3ccccc3)cc2C)cc1. The summed E-state index contributed by atoms with van der Waals surface area (Å²) in [4.78, 5) is 24.4. The monoisotopic (exact) mass is 362 g/mol. The van der Waals surface area contributed by atoms with Crippen molar-refractivity contribution in [3.05, 3.63) is 89.5 Å². The van der Waals surface area contributed by atoms with Crippen LogP contribution in [-0.4, -0.2) is 19.0 Å². The molecule has 5 nitrogen and oxygen atoms in total. The summed E-state index contributed by atoms with van der Waals surface area (Å²) in [7, 11) is 1.56. The van der Waals surface area contributed by atoms with Gasteiger partial charge in [0.05, 0.1) is 18.2 Å². The second-order valence-electron chi connectivity index (χ2n) is 5.80. The molecule has 0 amide bonds. The zero-order valence-corrected chi connectivity index (χ0v) is 15.0. The molecular weight excluding hydrogens is 344 g/mol. The Kier molecular flexibility index (Phi) is 5.52. The van der Waals surface area contributed by atoms with Crippen molar-refractivity contribution in [1.29, 1.82) is 0 Å². The van der Waals surface area contributed by atoms with Crippen molar-refractivity contribution in [2.75, 3.05) is 7.11 Å². The minimum absolute atomic E-state index is 0.380. The van der Waals surface area contributed by atoms with E-state index in [1.165, 1.54) is 0 Å². The van der Waals surface area contributed by atoms with Crippen LogP contribution in [0, 0.1) is 6.92 Å². The maximum absolute atomic E-state index is 12.3. The van der Waals surface area contributed by atoms with Gasteiger partial charge in [-0.15, -0.1) is 0 Å². The molecule has 0 fully saturated rings. The van der Waals surface area contributed by atoms with Gasteiger partial charge in [-0.1, -0.05) is 18.2 Å². The highest BCUT2D eigenvalue weighted by atomic mass is 16.5. The molecule has 27 heavy (non-hydrogen) atoms. The second-order valence-corrected chi connectivity index (χ2v) is 5.80. The Labute approximate surface area is 157 Å². The molecule has 3 aromatic carbocycles. The van der Waals surface area contributed by atoms with Crippen LogP contribution in [-0.2, 0) is 0 Å². The van der Waals surface area contributed by atoms with Gasteiger partial charge in [-0.2, -0.15) is 0 Å². The molecule has 0 bridgehead atoms. The Bertz CT molecular complexity index is 946. The van der Waals surface area contributed by atoms with Gasteiger partial charge in [0.15, 0.2) is 0 Å². The number of ether oxygens (including phenoxy) is 3. The lowest BCUT2D eigenvalue weighted by molar-refractivity contribution is 0.0718. The molecule has 0 radical (unpaired) electrons. The molecular formula is C22H18O5. The molecule has 0 aromatic heterocycles. The minimum Gasteiger partial charge on any atom is -0.497 e. The van der Waals surface area contributed by atoms with E-state index in [-0.39, 0.29) is 0 Å². The van der Waals surface area contributed by atoms with E-state index < -0.39 is 11.9 Å². The summed E-state index contributed by atoms with van der Waals surface area (Å²) in [5.74, 6) is 0.515. The first-order valence-electron chi connectivity index (χ1n) is 8.31. The number of rotatable bonds is 5. The summed E-state index contributed by atoms with van der Waals surface area (Å²) in [6.45, 7) is 1.77. The molecule has 0 saturated heterocycles. The van der Waals surface area contributed by atoms with E-state index in [0.717, 1.165) is 0 Å². The quantitative estimate of drug-likeness (QED) is 0.496. The van der Waals surface area contributed by atoms with Crippen molar-refractivity contribution >= 4 is 11.9 Å². The molecule has 3 aromatic rings. The first-order chi connectivity index (χ1) is 13.1. The van der Waals surface area contributed by atoms with Crippen LogP contribution in [0.15, 0.2) is 72.8 Å². The third-order valence-electron chi connectivity index (χ3n) is 3.89. The molecule has 3 rings (SSSR count). The van der Waals surface area contributed by atoms with Crippen LogP contribution in [0.25, 0.3) is 0 Å². The average Bonchev–Trinajstić information content (AvgIpc) is 2.70. The molecule has 0 N–H and O–H groups in total. The van der Waals surface area contributed by atoms with E-state index in [4.69, 9.17) is 14.2 Å². The maximum Gasteiger partial charge on any atom is 0.343 e. The molecule has 136 valence electrons. The molecule has 0 spiro atoms. The minimum atomic E-state index is -0.477. The second kappa shape index (κ2) is 8.19. The Morgan fingerprint density at radius 3 is 1.93 bits per heavy atom. The first-order valence-corrected chi connectivity index (χ1v) is 8.31. The van der Waals surface area contributed by atoms with Gasteiger partial charge in [0, 0.05) is 0 Å². The number of carbonyl (C=O) groups is 2. The molecule has 0 unspecified atom stereocenters. The standard InChI is InChI=1S/C22H18O5/c1-15-14-19(26-21(23)16-6-4-3-5-7-16)12-13-20(15)27-22(24)17-8-10-18(25-2)11-9-17/h3-14H,1-2H3. The normalized spacial score (nSPS) is 10.1. The van der Waals surface area contributed by atoms with Crippen molar-refractivity contribution in [3.63, 3.8) is 0 Å². The van der Waals surface area contributed by atoms with Crippen LogP contribution in [0.2, 0.25) is 0 Å². The van der Waals surface area contributed by atoms with Gasteiger partial charge in [-0.3, -0.25) is 0 Å². The molecule has 0 heterocycles. The predicted octanol–water partition coefficient (Wildman–Crippen LogP) is 4.44. The van der Waals surface area contributed by atoms with Gasteiger partial charge in [0.1, 0.15) is 17.2 Å². The van der Waals surface area contributed by atoms with Gasteiger partial charge in [-0.05, 0) is 67.1 Å². The highest BCUT2D eigenvalue weighted by molar-refractivity contribution is 5.92. The first kappa shape index (κ1) is 18.2. The van der Waals surface area contributed by atoms with Crippen LogP contribution >= 0.6 is 0 Å².